The molecule has 2 rings (SSSR count). The van der Waals surface area contributed by atoms with Gasteiger partial charge in [-0.25, -0.2) is 0 Å². The van der Waals surface area contributed by atoms with Crippen molar-refractivity contribution in [2.24, 2.45) is 5.92 Å². The molecule has 1 fully saturated rings. The smallest absolute Gasteiger partial charge is 0.313 e. The third-order valence-corrected chi connectivity index (χ3v) is 5.02. The van der Waals surface area contributed by atoms with Gasteiger partial charge in [0.15, 0.2) is 0 Å². The number of quaternary nitrogens is 1. The highest BCUT2D eigenvalue weighted by atomic mass is 79.9. The largest absolute Gasteiger partial charge is 0.461 e. The van der Waals surface area contributed by atoms with E-state index in [0.29, 0.717) is 5.92 Å². The summed E-state index contributed by atoms with van der Waals surface area (Å²) in [6.07, 6.45) is 3.01. The van der Waals surface area contributed by atoms with E-state index in [0.717, 1.165) is 42.4 Å². The summed E-state index contributed by atoms with van der Waals surface area (Å²) < 4.78 is 6.90. The third kappa shape index (κ3) is 6.21. The van der Waals surface area contributed by atoms with Gasteiger partial charge in [0, 0.05) is 12.8 Å². The maximum Gasteiger partial charge on any atom is 0.313 e. The number of carbonyl (C=O) groups is 1. The Labute approximate surface area is 156 Å². The molecule has 136 valence electrons. The van der Waals surface area contributed by atoms with Crippen molar-refractivity contribution >= 4 is 21.9 Å². The Balaban J connectivity index is 0.00000139. The zero-order chi connectivity index (χ0) is 18.2. The molecule has 0 spiro atoms. The van der Waals surface area contributed by atoms with Gasteiger partial charge in [-0.15, -0.1) is 0 Å². The molecule has 0 amide bonds. The molecule has 1 aliphatic rings. The molecule has 2 atom stereocenters. The first-order chi connectivity index (χ1) is 11.4. The Morgan fingerprint density at radius 1 is 1.21 bits per heavy atom. The van der Waals surface area contributed by atoms with Gasteiger partial charge in [0.05, 0.1) is 33.1 Å². The Hall–Kier alpha value is -0.870. The van der Waals surface area contributed by atoms with Crippen molar-refractivity contribution in [2.75, 3.05) is 33.0 Å². The van der Waals surface area contributed by atoms with E-state index in [2.05, 4.69) is 43.9 Å². The van der Waals surface area contributed by atoms with E-state index in [1.54, 1.807) is 0 Å². The fraction of sp³-hybridized carbons (Fsp3) is 0.650. The van der Waals surface area contributed by atoms with Crippen molar-refractivity contribution in [2.45, 2.75) is 45.1 Å². The molecule has 1 aromatic rings. The topological polar surface area (TPSA) is 26.3 Å². The summed E-state index contributed by atoms with van der Waals surface area (Å²) in [5, 5.41) is 0. The van der Waals surface area contributed by atoms with E-state index in [4.69, 9.17) is 4.74 Å². The SMILES string of the molecule is CBr.CCC(C)C(C(=O)OC1CC[N+](C)(C)CC1)c1ccccc1. The van der Waals surface area contributed by atoms with Crippen LogP contribution >= 0.6 is 15.9 Å². The van der Waals surface area contributed by atoms with Crippen LogP contribution in [0.3, 0.4) is 0 Å². The average molecular weight is 399 g/mol. The quantitative estimate of drug-likeness (QED) is 0.411. The van der Waals surface area contributed by atoms with Gasteiger partial charge < -0.3 is 9.22 Å². The Morgan fingerprint density at radius 2 is 1.75 bits per heavy atom. The Morgan fingerprint density at radius 3 is 2.25 bits per heavy atom. The maximum absolute atomic E-state index is 12.7. The van der Waals surface area contributed by atoms with Crippen molar-refractivity contribution < 1.29 is 14.0 Å². The highest BCUT2D eigenvalue weighted by Gasteiger charge is 2.33. The fourth-order valence-electron chi connectivity index (χ4n) is 3.19. The molecule has 0 N–H and O–H groups in total. The van der Waals surface area contributed by atoms with Crippen molar-refractivity contribution in [3.8, 4) is 0 Å². The molecular weight excluding hydrogens is 366 g/mol. The van der Waals surface area contributed by atoms with E-state index in [1.807, 2.05) is 36.2 Å². The second-order valence-corrected chi connectivity index (χ2v) is 7.29. The number of alkyl halides is 1. The number of hydrogen-bond donors (Lipinski definition) is 0. The molecule has 3 nitrogen and oxygen atoms in total. The maximum atomic E-state index is 12.7. The molecule has 4 heteroatoms. The van der Waals surface area contributed by atoms with Crippen LogP contribution in [-0.4, -0.2) is 49.6 Å². The van der Waals surface area contributed by atoms with E-state index in [1.165, 1.54) is 0 Å². The fourth-order valence-corrected chi connectivity index (χ4v) is 3.19. The summed E-state index contributed by atoms with van der Waals surface area (Å²) in [4.78, 5) is 12.7. The number of piperidine rings is 1. The van der Waals surface area contributed by atoms with Gasteiger partial charge in [-0.3, -0.25) is 4.79 Å². The Kier molecular flexibility index (Phi) is 8.99. The number of halogens is 1. The Bertz CT molecular complexity index is 480. The summed E-state index contributed by atoms with van der Waals surface area (Å²) >= 11 is 2.94. The molecule has 0 aromatic heterocycles. The van der Waals surface area contributed by atoms with Crippen LogP contribution in [0, 0.1) is 5.92 Å². The van der Waals surface area contributed by atoms with Crippen LogP contribution in [-0.2, 0) is 9.53 Å². The number of likely N-dealkylation sites (tertiary alicyclic amines) is 1. The van der Waals surface area contributed by atoms with E-state index >= 15 is 0 Å². The standard InChI is InChI=1S/C19H30NO2.CH3Br/c1-5-15(2)18(16-9-7-6-8-10-16)19(21)22-17-11-13-20(3,4)14-12-17;1-2/h6-10,15,17-18H,5,11-14H2,1-4H3;1H3/q+1;. The molecular formula is C20H33BrNO2+. The molecule has 2 unspecified atom stereocenters. The lowest BCUT2D eigenvalue weighted by Crippen LogP contribution is -2.48. The molecule has 0 saturated carbocycles. The predicted molar refractivity (Wildman–Crippen MR) is 104 cm³/mol. The lowest BCUT2D eigenvalue weighted by Gasteiger charge is -2.37. The number of carbonyl (C=O) groups excluding carboxylic acids is 1. The number of rotatable bonds is 5. The lowest BCUT2D eigenvalue weighted by atomic mass is 9.85. The molecule has 1 heterocycles. The summed E-state index contributed by atoms with van der Waals surface area (Å²) in [5.41, 5.74) is 1.08. The van der Waals surface area contributed by atoms with Crippen molar-refractivity contribution in [3.05, 3.63) is 35.9 Å². The summed E-state index contributed by atoms with van der Waals surface area (Å²) in [6.45, 7) is 6.43. The summed E-state index contributed by atoms with van der Waals surface area (Å²) in [7, 11) is 4.48. The van der Waals surface area contributed by atoms with Crippen LogP contribution < -0.4 is 0 Å². The minimum Gasteiger partial charge on any atom is -0.461 e. The van der Waals surface area contributed by atoms with Crippen LogP contribution in [0.25, 0.3) is 0 Å². The lowest BCUT2D eigenvalue weighted by molar-refractivity contribution is -0.896. The summed E-state index contributed by atoms with van der Waals surface area (Å²) in [5.74, 6) is 1.92. The normalized spacial score (nSPS) is 19.6. The van der Waals surface area contributed by atoms with Crippen molar-refractivity contribution in [1.29, 1.82) is 0 Å². The first-order valence-electron chi connectivity index (χ1n) is 8.88. The number of benzene rings is 1. The van der Waals surface area contributed by atoms with Crippen LogP contribution in [0.2, 0.25) is 0 Å². The van der Waals surface area contributed by atoms with Gasteiger partial charge in [-0.2, -0.15) is 0 Å². The number of ether oxygens (including phenoxy) is 1. The predicted octanol–water partition coefficient (Wildman–Crippen LogP) is 4.61. The van der Waals surface area contributed by atoms with Crippen LogP contribution in [0.1, 0.15) is 44.6 Å². The second kappa shape index (κ2) is 10.2. The highest BCUT2D eigenvalue weighted by Crippen LogP contribution is 2.30. The van der Waals surface area contributed by atoms with Crippen LogP contribution in [0.15, 0.2) is 30.3 Å². The summed E-state index contributed by atoms with van der Waals surface area (Å²) in [6, 6.07) is 10.1. The molecule has 1 saturated heterocycles. The van der Waals surface area contributed by atoms with Gasteiger partial charge in [-0.05, 0) is 17.3 Å². The van der Waals surface area contributed by atoms with E-state index in [9.17, 15) is 4.79 Å². The highest BCUT2D eigenvalue weighted by molar-refractivity contribution is 9.08. The van der Waals surface area contributed by atoms with Crippen LogP contribution in [0.4, 0.5) is 0 Å². The van der Waals surface area contributed by atoms with Gasteiger partial charge in [-0.1, -0.05) is 66.5 Å². The van der Waals surface area contributed by atoms with E-state index < -0.39 is 0 Å². The molecule has 1 aromatic carbocycles. The molecule has 24 heavy (non-hydrogen) atoms. The monoisotopic (exact) mass is 398 g/mol. The molecule has 1 aliphatic heterocycles. The number of nitrogens with zero attached hydrogens (tertiary/aromatic N) is 1. The molecule has 0 radical (unpaired) electrons. The van der Waals surface area contributed by atoms with Gasteiger partial charge in [0.1, 0.15) is 6.10 Å². The zero-order valence-electron chi connectivity index (χ0n) is 15.8. The first-order valence-corrected chi connectivity index (χ1v) is 10.5. The minimum absolute atomic E-state index is 0.0437. The molecule has 0 aliphatic carbocycles. The van der Waals surface area contributed by atoms with Gasteiger partial charge in [0.25, 0.3) is 0 Å². The minimum atomic E-state index is -0.143. The number of hydrogen-bond acceptors (Lipinski definition) is 2. The van der Waals surface area contributed by atoms with Crippen molar-refractivity contribution in [1.82, 2.24) is 0 Å². The average Bonchev–Trinajstić information content (AvgIpc) is 2.59. The third-order valence-electron chi connectivity index (χ3n) is 5.02. The number of esters is 1. The van der Waals surface area contributed by atoms with Crippen molar-refractivity contribution in [3.63, 3.8) is 0 Å². The zero-order valence-corrected chi connectivity index (χ0v) is 17.4. The second-order valence-electron chi connectivity index (χ2n) is 7.29. The van der Waals surface area contributed by atoms with Gasteiger partial charge in [0.2, 0.25) is 0 Å². The van der Waals surface area contributed by atoms with Crippen LogP contribution in [0.5, 0.6) is 0 Å². The molecule has 0 bridgehead atoms. The van der Waals surface area contributed by atoms with Gasteiger partial charge >= 0.3 is 5.97 Å². The van der Waals surface area contributed by atoms with E-state index in [-0.39, 0.29) is 18.0 Å². The first kappa shape index (κ1) is 21.2.